The molecule has 0 aliphatic carbocycles. The van der Waals surface area contributed by atoms with Crippen LogP contribution in [-0.4, -0.2) is 26.1 Å². The molecule has 2 rings (SSSR count). The standard InChI is InChI=1S/C12H16N2O2/c1-16-11-4-2-3-10(6-11)14-8-9(7-13)5-12(14)15/h2-4,6,9H,5,7-8,13H2,1H3/t9-/m0/s1. The first-order valence-corrected chi connectivity index (χ1v) is 5.39. The van der Waals surface area contributed by atoms with E-state index >= 15 is 0 Å². The van der Waals surface area contributed by atoms with Crippen molar-refractivity contribution in [2.75, 3.05) is 25.1 Å². The summed E-state index contributed by atoms with van der Waals surface area (Å²) in [5.74, 6) is 1.18. The molecule has 0 radical (unpaired) electrons. The van der Waals surface area contributed by atoms with Crippen LogP contribution in [0.2, 0.25) is 0 Å². The number of nitrogens with zero attached hydrogens (tertiary/aromatic N) is 1. The summed E-state index contributed by atoms with van der Waals surface area (Å²) in [5.41, 5.74) is 6.48. The summed E-state index contributed by atoms with van der Waals surface area (Å²) in [6, 6.07) is 7.54. The fourth-order valence-corrected chi connectivity index (χ4v) is 1.97. The van der Waals surface area contributed by atoms with E-state index in [1.54, 1.807) is 12.0 Å². The number of hydrogen-bond acceptors (Lipinski definition) is 3. The van der Waals surface area contributed by atoms with E-state index in [-0.39, 0.29) is 11.8 Å². The molecule has 2 N–H and O–H groups in total. The van der Waals surface area contributed by atoms with Gasteiger partial charge in [-0.25, -0.2) is 0 Å². The summed E-state index contributed by atoms with van der Waals surface area (Å²) in [6.45, 7) is 1.27. The van der Waals surface area contributed by atoms with Gasteiger partial charge in [-0.05, 0) is 24.6 Å². The number of ether oxygens (including phenoxy) is 1. The highest BCUT2D eigenvalue weighted by Gasteiger charge is 2.29. The summed E-state index contributed by atoms with van der Waals surface area (Å²) < 4.78 is 5.14. The van der Waals surface area contributed by atoms with Crippen LogP contribution in [-0.2, 0) is 4.79 Å². The van der Waals surface area contributed by atoms with Crippen molar-refractivity contribution >= 4 is 11.6 Å². The third-order valence-electron chi connectivity index (χ3n) is 2.90. The molecule has 4 heteroatoms. The zero-order valence-electron chi connectivity index (χ0n) is 9.35. The molecule has 0 unspecified atom stereocenters. The average Bonchev–Trinajstić information content (AvgIpc) is 2.71. The molecule has 1 aromatic carbocycles. The second-order valence-corrected chi connectivity index (χ2v) is 4.01. The Kier molecular flexibility index (Phi) is 3.10. The molecule has 1 atom stereocenters. The van der Waals surface area contributed by atoms with Gasteiger partial charge in [0.05, 0.1) is 7.11 Å². The van der Waals surface area contributed by atoms with Gasteiger partial charge in [-0.15, -0.1) is 0 Å². The quantitative estimate of drug-likeness (QED) is 0.827. The highest BCUT2D eigenvalue weighted by atomic mass is 16.5. The maximum absolute atomic E-state index is 11.8. The highest BCUT2D eigenvalue weighted by Crippen LogP contribution is 2.27. The van der Waals surface area contributed by atoms with Crippen LogP contribution in [0.4, 0.5) is 5.69 Å². The van der Waals surface area contributed by atoms with E-state index in [4.69, 9.17) is 10.5 Å². The van der Waals surface area contributed by atoms with E-state index in [0.717, 1.165) is 11.4 Å². The van der Waals surface area contributed by atoms with Crippen molar-refractivity contribution in [1.29, 1.82) is 0 Å². The zero-order valence-corrected chi connectivity index (χ0v) is 9.35. The number of benzene rings is 1. The lowest BCUT2D eigenvalue weighted by atomic mass is 10.1. The molecule has 1 aliphatic rings. The topological polar surface area (TPSA) is 55.6 Å². The Labute approximate surface area is 95.0 Å². The van der Waals surface area contributed by atoms with Crippen LogP contribution in [0, 0.1) is 5.92 Å². The average molecular weight is 220 g/mol. The minimum Gasteiger partial charge on any atom is -0.497 e. The fraction of sp³-hybridized carbons (Fsp3) is 0.417. The van der Waals surface area contributed by atoms with Crippen LogP contribution < -0.4 is 15.4 Å². The molecule has 0 saturated carbocycles. The summed E-state index contributed by atoms with van der Waals surface area (Å²) in [6.07, 6.45) is 0.549. The number of hydrogen-bond donors (Lipinski definition) is 1. The molecule has 1 saturated heterocycles. The molecule has 4 nitrogen and oxygen atoms in total. The molecule has 0 aromatic heterocycles. The summed E-state index contributed by atoms with van der Waals surface area (Å²) in [7, 11) is 1.62. The number of methoxy groups -OCH3 is 1. The maximum Gasteiger partial charge on any atom is 0.227 e. The zero-order chi connectivity index (χ0) is 11.5. The summed E-state index contributed by atoms with van der Waals surface area (Å²) in [5, 5.41) is 0. The van der Waals surface area contributed by atoms with Gasteiger partial charge in [0.1, 0.15) is 5.75 Å². The number of nitrogens with two attached hydrogens (primary N) is 1. The molecule has 1 aliphatic heterocycles. The molecule has 1 amide bonds. The predicted octanol–water partition coefficient (Wildman–Crippen LogP) is 1.01. The van der Waals surface area contributed by atoms with Gasteiger partial charge in [0, 0.05) is 24.7 Å². The van der Waals surface area contributed by atoms with Gasteiger partial charge in [-0.3, -0.25) is 4.79 Å². The van der Waals surface area contributed by atoms with Gasteiger partial charge in [0.2, 0.25) is 5.91 Å². The van der Waals surface area contributed by atoms with Crippen LogP contribution >= 0.6 is 0 Å². The lowest BCUT2D eigenvalue weighted by molar-refractivity contribution is -0.117. The monoisotopic (exact) mass is 220 g/mol. The number of anilines is 1. The lowest BCUT2D eigenvalue weighted by Gasteiger charge is -2.17. The van der Waals surface area contributed by atoms with E-state index in [2.05, 4.69) is 0 Å². The molecule has 86 valence electrons. The van der Waals surface area contributed by atoms with Crippen molar-refractivity contribution in [3.8, 4) is 5.75 Å². The second kappa shape index (κ2) is 4.53. The number of carbonyl (C=O) groups excluding carboxylic acids is 1. The summed E-state index contributed by atoms with van der Waals surface area (Å²) in [4.78, 5) is 13.6. The minimum absolute atomic E-state index is 0.142. The van der Waals surface area contributed by atoms with Crippen LogP contribution in [0.25, 0.3) is 0 Å². The van der Waals surface area contributed by atoms with Gasteiger partial charge in [-0.2, -0.15) is 0 Å². The first-order valence-electron chi connectivity index (χ1n) is 5.39. The number of amides is 1. The van der Waals surface area contributed by atoms with E-state index in [1.807, 2.05) is 24.3 Å². The Balaban J connectivity index is 2.20. The van der Waals surface area contributed by atoms with Crippen molar-refractivity contribution in [2.24, 2.45) is 11.7 Å². The molecule has 1 fully saturated rings. The van der Waals surface area contributed by atoms with Crippen LogP contribution in [0.1, 0.15) is 6.42 Å². The van der Waals surface area contributed by atoms with Crippen molar-refractivity contribution in [3.63, 3.8) is 0 Å². The van der Waals surface area contributed by atoms with Gasteiger partial charge < -0.3 is 15.4 Å². The van der Waals surface area contributed by atoms with E-state index in [0.29, 0.717) is 19.5 Å². The molecule has 0 spiro atoms. The third-order valence-corrected chi connectivity index (χ3v) is 2.90. The van der Waals surface area contributed by atoms with Crippen LogP contribution in [0.3, 0.4) is 0 Å². The third kappa shape index (κ3) is 2.02. The first-order chi connectivity index (χ1) is 7.74. The predicted molar refractivity (Wildman–Crippen MR) is 62.5 cm³/mol. The van der Waals surface area contributed by atoms with Gasteiger partial charge >= 0.3 is 0 Å². The van der Waals surface area contributed by atoms with E-state index < -0.39 is 0 Å². The van der Waals surface area contributed by atoms with E-state index in [1.165, 1.54) is 0 Å². The largest absolute Gasteiger partial charge is 0.497 e. The molecular weight excluding hydrogens is 204 g/mol. The van der Waals surface area contributed by atoms with Crippen LogP contribution in [0.5, 0.6) is 5.75 Å². The van der Waals surface area contributed by atoms with Crippen molar-refractivity contribution in [2.45, 2.75) is 6.42 Å². The van der Waals surface area contributed by atoms with Crippen molar-refractivity contribution in [3.05, 3.63) is 24.3 Å². The normalized spacial score (nSPS) is 20.2. The lowest BCUT2D eigenvalue weighted by Crippen LogP contribution is -2.25. The fourth-order valence-electron chi connectivity index (χ4n) is 1.97. The maximum atomic E-state index is 11.8. The smallest absolute Gasteiger partial charge is 0.227 e. The molecule has 1 heterocycles. The Hall–Kier alpha value is -1.55. The number of carbonyl (C=O) groups is 1. The van der Waals surface area contributed by atoms with Crippen molar-refractivity contribution < 1.29 is 9.53 Å². The van der Waals surface area contributed by atoms with Gasteiger partial charge in [0.15, 0.2) is 0 Å². The van der Waals surface area contributed by atoms with E-state index in [9.17, 15) is 4.79 Å². The summed E-state index contributed by atoms with van der Waals surface area (Å²) >= 11 is 0. The van der Waals surface area contributed by atoms with Crippen molar-refractivity contribution in [1.82, 2.24) is 0 Å². The SMILES string of the molecule is COc1cccc(N2C[C@H](CN)CC2=O)c1. The Morgan fingerprint density at radius 2 is 2.38 bits per heavy atom. The highest BCUT2D eigenvalue weighted by molar-refractivity contribution is 5.95. The number of rotatable bonds is 3. The molecule has 16 heavy (non-hydrogen) atoms. The van der Waals surface area contributed by atoms with Gasteiger partial charge in [0.25, 0.3) is 0 Å². The molecule has 0 bridgehead atoms. The Morgan fingerprint density at radius 3 is 3.00 bits per heavy atom. The van der Waals surface area contributed by atoms with Crippen LogP contribution in [0.15, 0.2) is 24.3 Å². The minimum atomic E-state index is 0.142. The first kappa shape index (κ1) is 11.0. The van der Waals surface area contributed by atoms with Gasteiger partial charge in [-0.1, -0.05) is 6.07 Å². The Morgan fingerprint density at radius 1 is 1.56 bits per heavy atom. The molecular formula is C12H16N2O2. The molecule has 1 aromatic rings. The second-order valence-electron chi connectivity index (χ2n) is 4.01. The Bertz CT molecular complexity index is 392.